The molecule has 0 aliphatic carbocycles. The summed E-state index contributed by atoms with van der Waals surface area (Å²) in [5, 5.41) is 0. The standard InChI is InChI=1S/C7H15ClS/c1-3-5-7(4-2)6-9-8/h7H,3-6H2,1-2H3. The van der Waals surface area contributed by atoms with E-state index in [9.17, 15) is 0 Å². The summed E-state index contributed by atoms with van der Waals surface area (Å²) in [4.78, 5) is 0. The lowest BCUT2D eigenvalue weighted by atomic mass is 10.0. The molecular weight excluding hydrogens is 152 g/mol. The fourth-order valence-electron chi connectivity index (χ4n) is 0.903. The van der Waals surface area contributed by atoms with Crippen molar-refractivity contribution in [2.75, 3.05) is 5.75 Å². The first kappa shape index (κ1) is 9.64. The second-order valence-electron chi connectivity index (χ2n) is 2.34. The zero-order valence-corrected chi connectivity index (χ0v) is 7.76. The molecule has 0 nitrogen and oxygen atoms in total. The summed E-state index contributed by atoms with van der Waals surface area (Å²) in [6.07, 6.45) is 3.89. The summed E-state index contributed by atoms with van der Waals surface area (Å²) < 4.78 is 0. The molecule has 0 saturated carbocycles. The van der Waals surface area contributed by atoms with Gasteiger partial charge >= 0.3 is 0 Å². The Morgan fingerprint density at radius 3 is 2.44 bits per heavy atom. The Morgan fingerprint density at radius 1 is 1.44 bits per heavy atom. The summed E-state index contributed by atoms with van der Waals surface area (Å²) in [7, 11) is 6.97. The normalized spacial score (nSPS) is 13.7. The van der Waals surface area contributed by atoms with Gasteiger partial charge in [-0.2, -0.15) is 0 Å². The van der Waals surface area contributed by atoms with E-state index in [4.69, 9.17) is 10.7 Å². The van der Waals surface area contributed by atoms with Crippen LogP contribution >= 0.6 is 21.7 Å². The predicted octanol–water partition coefficient (Wildman–Crippen LogP) is 3.70. The zero-order valence-electron chi connectivity index (χ0n) is 6.19. The maximum atomic E-state index is 5.53. The lowest BCUT2D eigenvalue weighted by molar-refractivity contribution is 0.518. The van der Waals surface area contributed by atoms with Crippen LogP contribution in [0.3, 0.4) is 0 Å². The quantitative estimate of drug-likeness (QED) is 0.600. The highest BCUT2D eigenvalue weighted by Gasteiger charge is 2.02. The van der Waals surface area contributed by atoms with Crippen molar-refractivity contribution in [3.8, 4) is 0 Å². The number of halogens is 1. The molecule has 56 valence electrons. The van der Waals surface area contributed by atoms with Crippen LogP contribution in [0.1, 0.15) is 33.1 Å². The van der Waals surface area contributed by atoms with Crippen LogP contribution < -0.4 is 0 Å². The second-order valence-corrected chi connectivity index (χ2v) is 3.54. The molecule has 0 bridgehead atoms. The maximum absolute atomic E-state index is 5.53. The van der Waals surface area contributed by atoms with E-state index in [0.29, 0.717) is 0 Å². The Labute approximate surface area is 66.9 Å². The third-order valence-electron chi connectivity index (χ3n) is 1.57. The highest BCUT2D eigenvalue weighted by molar-refractivity contribution is 8.21. The van der Waals surface area contributed by atoms with Crippen LogP contribution in [0.2, 0.25) is 0 Å². The minimum Gasteiger partial charge on any atom is -0.0654 e. The van der Waals surface area contributed by atoms with Crippen LogP contribution in [0.25, 0.3) is 0 Å². The van der Waals surface area contributed by atoms with E-state index >= 15 is 0 Å². The van der Waals surface area contributed by atoms with Gasteiger partial charge in [-0.25, -0.2) is 0 Å². The first-order valence-corrected chi connectivity index (χ1v) is 5.39. The molecule has 0 aromatic heterocycles. The molecule has 1 atom stereocenters. The third kappa shape index (κ3) is 5.10. The Morgan fingerprint density at radius 2 is 2.11 bits per heavy atom. The Kier molecular flexibility index (Phi) is 7.24. The summed E-state index contributed by atoms with van der Waals surface area (Å²) in [6, 6.07) is 0. The van der Waals surface area contributed by atoms with Gasteiger partial charge in [-0.1, -0.05) is 37.7 Å². The van der Waals surface area contributed by atoms with Gasteiger partial charge in [0.15, 0.2) is 0 Å². The largest absolute Gasteiger partial charge is 0.0654 e. The lowest BCUT2D eigenvalue weighted by Crippen LogP contribution is -1.99. The topological polar surface area (TPSA) is 0 Å². The smallest absolute Gasteiger partial charge is 0.0113 e. The molecule has 0 rings (SSSR count). The zero-order chi connectivity index (χ0) is 7.11. The molecule has 0 saturated heterocycles. The van der Waals surface area contributed by atoms with Gasteiger partial charge in [0.1, 0.15) is 0 Å². The van der Waals surface area contributed by atoms with Gasteiger partial charge in [0.2, 0.25) is 0 Å². The lowest BCUT2D eigenvalue weighted by Gasteiger charge is -2.09. The van der Waals surface area contributed by atoms with Crippen molar-refractivity contribution in [3.05, 3.63) is 0 Å². The number of hydrogen-bond acceptors (Lipinski definition) is 1. The predicted molar refractivity (Wildman–Crippen MR) is 47.0 cm³/mol. The van der Waals surface area contributed by atoms with E-state index in [1.165, 1.54) is 30.2 Å². The van der Waals surface area contributed by atoms with Crippen LogP contribution in [0.15, 0.2) is 0 Å². The molecule has 1 unspecified atom stereocenters. The van der Waals surface area contributed by atoms with Gasteiger partial charge in [-0.3, -0.25) is 0 Å². The average Bonchev–Trinajstić information content (AvgIpc) is 1.88. The first-order chi connectivity index (χ1) is 4.35. The molecular formula is C7H15ClS. The summed E-state index contributed by atoms with van der Waals surface area (Å²) in [6.45, 7) is 4.45. The molecule has 0 aromatic rings. The van der Waals surface area contributed by atoms with E-state index in [0.717, 1.165) is 11.7 Å². The molecule has 0 aromatic carbocycles. The van der Waals surface area contributed by atoms with Gasteiger partial charge in [0.05, 0.1) is 0 Å². The minimum absolute atomic E-state index is 0.845. The highest BCUT2D eigenvalue weighted by Crippen LogP contribution is 2.19. The van der Waals surface area contributed by atoms with Crippen LogP contribution in [0.4, 0.5) is 0 Å². The van der Waals surface area contributed by atoms with E-state index in [-0.39, 0.29) is 0 Å². The van der Waals surface area contributed by atoms with E-state index < -0.39 is 0 Å². The monoisotopic (exact) mass is 166 g/mol. The summed E-state index contributed by atoms with van der Waals surface area (Å²) in [5.41, 5.74) is 0. The van der Waals surface area contributed by atoms with Crippen molar-refractivity contribution in [2.45, 2.75) is 33.1 Å². The van der Waals surface area contributed by atoms with Crippen LogP contribution in [-0.4, -0.2) is 5.75 Å². The molecule has 2 heteroatoms. The molecule has 0 heterocycles. The molecule has 0 aliphatic rings. The van der Waals surface area contributed by atoms with Crippen molar-refractivity contribution in [3.63, 3.8) is 0 Å². The fourth-order valence-corrected chi connectivity index (χ4v) is 2.02. The Bertz CT molecular complexity index is 50.9. The summed E-state index contributed by atoms with van der Waals surface area (Å²) in [5.74, 6) is 1.96. The molecule has 0 aliphatic heterocycles. The van der Waals surface area contributed by atoms with Gasteiger partial charge in [0.25, 0.3) is 0 Å². The van der Waals surface area contributed by atoms with E-state index in [1.54, 1.807) is 0 Å². The number of rotatable bonds is 5. The average molecular weight is 167 g/mol. The highest BCUT2D eigenvalue weighted by atomic mass is 35.7. The molecule has 0 radical (unpaired) electrons. The van der Waals surface area contributed by atoms with Gasteiger partial charge in [-0.15, -0.1) is 0 Å². The van der Waals surface area contributed by atoms with Gasteiger partial charge < -0.3 is 0 Å². The third-order valence-corrected chi connectivity index (χ3v) is 2.55. The van der Waals surface area contributed by atoms with Crippen molar-refractivity contribution < 1.29 is 0 Å². The van der Waals surface area contributed by atoms with Gasteiger partial charge in [-0.05, 0) is 23.0 Å². The molecule has 0 spiro atoms. The van der Waals surface area contributed by atoms with E-state index in [2.05, 4.69) is 13.8 Å². The van der Waals surface area contributed by atoms with Gasteiger partial charge in [0, 0.05) is 5.75 Å². The summed E-state index contributed by atoms with van der Waals surface area (Å²) >= 11 is 0. The SMILES string of the molecule is CCCC(CC)CSCl. The van der Waals surface area contributed by atoms with E-state index in [1.807, 2.05) is 0 Å². The Balaban J connectivity index is 3.18. The maximum Gasteiger partial charge on any atom is 0.0113 e. The van der Waals surface area contributed by atoms with Crippen LogP contribution in [-0.2, 0) is 0 Å². The molecule has 0 fully saturated rings. The van der Waals surface area contributed by atoms with Crippen LogP contribution in [0.5, 0.6) is 0 Å². The van der Waals surface area contributed by atoms with Crippen molar-refractivity contribution in [2.24, 2.45) is 5.92 Å². The minimum atomic E-state index is 0.845. The van der Waals surface area contributed by atoms with Crippen molar-refractivity contribution in [1.82, 2.24) is 0 Å². The molecule has 9 heavy (non-hydrogen) atoms. The molecule has 0 N–H and O–H groups in total. The second kappa shape index (κ2) is 6.76. The Hall–Kier alpha value is 0.640. The van der Waals surface area contributed by atoms with Crippen molar-refractivity contribution in [1.29, 1.82) is 0 Å². The van der Waals surface area contributed by atoms with Crippen molar-refractivity contribution >= 4 is 21.7 Å². The first-order valence-electron chi connectivity index (χ1n) is 3.58. The fraction of sp³-hybridized carbons (Fsp3) is 1.00. The van der Waals surface area contributed by atoms with Crippen LogP contribution in [0, 0.1) is 5.92 Å². The number of hydrogen-bond donors (Lipinski definition) is 0. The molecule has 0 amide bonds.